The van der Waals surface area contributed by atoms with Crippen molar-refractivity contribution in [1.82, 2.24) is 9.38 Å². The summed E-state index contributed by atoms with van der Waals surface area (Å²) in [6.07, 6.45) is -0.361. The van der Waals surface area contributed by atoms with Crippen molar-refractivity contribution in [3.8, 4) is 11.3 Å². The first-order valence-electron chi connectivity index (χ1n) is 9.82. The highest BCUT2D eigenvalue weighted by Gasteiger charge is 2.33. The highest BCUT2D eigenvalue weighted by atomic mass is 19.4. The first-order valence-corrected chi connectivity index (χ1v) is 9.82. The first-order chi connectivity index (χ1) is 14.7. The molecule has 0 aliphatic carbocycles. The molecule has 0 spiro atoms. The third-order valence-corrected chi connectivity index (χ3v) is 5.10. The molecule has 1 N–H and O–H groups in total. The SMILES string of the molecule is CCc1ccc(C(=O)Nc2ccc(-c3cn4cc(C)ccc4n3)cc2)cc1C(F)(F)F. The number of aryl methyl sites for hydroxylation is 2. The molecule has 0 aliphatic heterocycles. The lowest BCUT2D eigenvalue weighted by molar-refractivity contribution is -0.138. The van der Waals surface area contributed by atoms with E-state index in [2.05, 4.69) is 10.3 Å². The largest absolute Gasteiger partial charge is 0.416 e. The quantitative estimate of drug-likeness (QED) is 0.428. The van der Waals surface area contributed by atoms with Crippen molar-refractivity contribution >= 4 is 17.2 Å². The van der Waals surface area contributed by atoms with Crippen LogP contribution in [0.5, 0.6) is 0 Å². The van der Waals surface area contributed by atoms with E-state index in [1.54, 1.807) is 19.1 Å². The van der Waals surface area contributed by atoms with Crippen LogP contribution >= 0.6 is 0 Å². The summed E-state index contributed by atoms with van der Waals surface area (Å²) in [6, 6.07) is 14.6. The van der Waals surface area contributed by atoms with Gasteiger partial charge in [0.15, 0.2) is 0 Å². The van der Waals surface area contributed by atoms with Gasteiger partial charge in [0.2, 0.25) is 0 Å². The summed E-state index contributed by atoms with van der Waals surface area (Å²) >= 11 is 0. The average Bonchev–Trinajstić information content (AvgIpc) is 3.16. The number of carbonyl (C=O) groups excluding carboxylic acids is 1. The number of imidazole rings is 1. The van der Waals surface area contributed by atoms with Gasteiger partial charge in [-0.2, -0.15) is 13.2 Å². The van der Waals surface area contributed by atoms with Crippen molar-refractivity contribution in [2.75, 3.05) is 5.32 Å². The predicted molar refractivity (Wildman–Crippen MR) is 114 cm³/mol. The molecule has 2 aromatic heterocycles. The van der Waals surface area contributed by atoms with Gasteiger partial charge in [0.05, 0.1) is 11.3 Å². The van der Waals surface area contributed by atoms with E-state index in [9.17, 15) is 18.0 Å². The molecule has 0 radical (unpaired) electrons. The zero-order chi connectivity index (χ0) is 22.2. The Hall–Kier alpha value is -3.61. The fourth-order valence-corrected chi connectivity index (χ4v) is 3.46. The van der Waals surface area contributed by atoms with E-state index >= 15 is 0 Å². The van der Waals surface area contributed by atoms with Crippen molar-refractivity contribution in [2.45, 2.75) is 26.4 Å². The van der Waals surface area contributed by atoms with Gasteiger partial charge < -0.3 is 9.72 Å². The maximum atomic E-state index is 13.3. The lowest BCUT2D eigenvalue weighted by Crippen LogP contribution is -2.15. The van der Waals surface area contributed by atoms with Gasteiger partial charge in [0.25, 0.3) is 5.91 Å². The number of nitrogens with zero attached hydrogens (tertiary/aromatic N) is 2. The zero-order valence-corrected chi connectivity index (χ0v) is 17.0. The van der Waals surface area contributed by atoms with Gasteiger partial charge in [-0.3, -0.25) is 4.79 Å². The Labute approximate surface area is 177 Å². The highest BCUT2D eigenvalue weighted by molar-refractivity contribution is 6.04. The van der Waals surface area contributed by atoms with Crippen LogP contribution in [0.4, 0.5) is 18.9 Å². The average molecular weight is 423 g/mol. The van der Waals surface area contributed by atoms with Crippen molar-refractivity contribution in [3.63, 3.8) is 0 Å². The number of aromatic nitrogens is 2. The van der Waals surface area contributed by atoms with Gasteiger partial charge in [-0.05, 0) is 54.8 Å². The maximum absolute atomic E-state index is 13.3. The summed E-state index contributed by atoms with van der Waals surface area (Å²) in [5, 5.41) is 2.66. The normalized spacial score (nSPS) is 11.6. The van der Waals surface area contributed by atoms with Crippen LogP contribution in [-0.2, 0) is 12.6 Å². The second-order valence-corrected chi connectivity index (χ2v) is 7.35. The molecule has 0 saturated carbocycles. The van der Waals surface area contributed by atoms with Crippen LogP contribution in [0.25, 0.3) is 16.9 Å². The van der Waals surface area contributed by atoms with Crippen LogP contribution < -0.4 is 5.32 Å². The summed E-state index contributed by atoms with van der Waals surface area (Å²) in [4.78, 5) is 17.1. The van der Waals surface area contributed by atoms with Crippen LogP contribution in [0.1, 0.15) is 34.0 Å². The molecular weight excluding hydrogens is 403 g/mol. The van der Waals surface area contributed by atoms with E-state index < -0.39 is 17.6 Å². The molecule has 0 fully saturated rings. The van der Waals surface area contributed by atoms with Gasteiger partial charge in [-0.15, -0.1) is 0 Å². The van der Waals surface area contributed by atoms with Crippen molar-refractivity contribution in [3.05, 3.63) is 89.2 Å². The predicted octanol–water partition coefficient (Wildman–Crippen LogP) is 6.14. The van der Waals surface area contributed by atoms with E-state index in [0.29, 0.717) is 5.69 Å². The second kappa shape index (κ2) is 7.91. The number of rotatable bonds is 4. The molecule has 0 bridgehead atoms. The van der Waals surface area contributed by atoms with E-state index in [1.165, 1.54) is 12.1 Å². The highest BCUT2D eigenvalue weighted by Crippen LogP contribution is 2.33. The second-order valence-electron chi connectivity index (χ2n) is 7.35. The van der Waals surface area contributed by atoms with Gasteiger partial charge in [0.1, 0.15) is 5.65 Å². The summed E-state index contributed by atoms with van der Waals surface area (Å²) in [7, 11) is 0. The number of carbonyl (C=O) groups is 1. The number of alkyl halides is 3. The molecule has 2 heterocycles. The van der Waals surface area contributed by atoms with Gasteiger partial charge in [0, 0.05) is 29.2 Å². The Balaban J connectivity index is 1.54. The number of amides is 1. The first kappa shape index (κ1) is 20.7. The molecule has 4 aromatic rings. The minimum atomic E-state index is -4.50. The topological polar surface area (TPSA) is 46.4 Å². The van der Waals surface area contributed by atoms with Crippen LogP contribution in [0.15, 0.2) is 67.0 Å². The number of anilines is 1. The third kappa shape index (κ3) is 4.30. The lowest BCUT2D eigenvalue weighted by atomic mass is 10.0. The fraction of sp³-hybridized carbons (Fsp3) is 0.167. The molecule has 1 amide bonds. The van der Waals surface area contributed by atoms with Crippen LogP contribution in [-0.4, -0.2) is 15.3 Å². The molecule has 2 aromatic carbocycles. The minimum absolute atomic E-state index is 0.0377. The summed E-state index contributed by atoms with van der Waals surface area (Å²) in [5.74, 6) is -0.593. The van der Waals surface area contributed by atoms with Crippen molar-refractivity contribution in [1.29, 1.82) is 0 Å². The molecule has 4 rings (SSSR count). The van der Waals surface area contributed by atoms with Gasteiger partial charge in [-0.25, -0.2) is 4.98 Å². The summed E-state index contributed by atoms with van der Waals surface area (Å²) in [5.41, 5.74) is 3.44. The number of hydrogen-bond acceptors (Lipinski definition) is 2. The van der Waals surface area contributed by atoms with E-state index in [-0.39, 0.29) is 17.5 Å². The van der Waals surface area contributed by atoms with Crippen LogP contribution in [0.2, 0.25) is 0 Å². The Morgan fingerprint density at radius 2 is 1.77 bits per heavy atom. The van der Waals surface area contributed by atoms with Crippen molar-refractivity contribution < 1.29 is 18.0 Å². The number of benzene rings is 2. The Morgan fingerprint density at radius 1 is 1.03 bits per heavy atom. The molecule has 0 aliphatic rings. The van der Waals surface area contributed by atoms with Crippen LogP contribution in [0, 0.1) is 6.92 Å². The standard InChI is InChI=1S/C24H20F3N3O/c1-3-16-5-6-18(12-20(16)24(25,26)27)23(31)28-19-9-7-17(8-10-19)21-14-30-13-15(2)4-11-22(30)29-21/h4-14H,3H2,1-2H3,(H,28,31). The van der Waals surface area contributed by atoms with Gasteiger partial charge >= 0.3 is 6.18 Å². The Bertz CT molecular complexity index is 1260. The maximum Gasteiger partial charge on any atom is 0.416 e. The van der Waals surface area contributed by atoms with Crippen LogP contribution in [0.3, 0.4) is 0 Å². The third-order valence-electron chi connectivity index (χ3n) is 5.10. The molecule has 0 unspecified atom stereocenters. The smallest absolute Gasteiger partial charge is 0.322 e. The number of nitrogens with one attached hydrogen (secondary N) is 1. The zero-order valence-electron chi connectivity index (χ0n) is 17.0. The van der Waals surface area contributed by atoms with Gasteiger partial charge in [-0.1, -0.05) is 31.2 Å². The van der Waals surface area contributed by atoms with E-state index in [0.717, 1.165) is 28.5 Å². The van der Waals surface area contributed by atoms with Crippen molar-refractivity contribution in [2.24, 2.45) is 0 Å². The number of halogens is 3. The molecule has 7 heteroatoms. The monoisotopic (exact) mass is 423 g/mol. The molecule has 4 nitrogen and oxygen atoms in total. The molecular formula is C24H20F3N3O. The minimum Gasteiger partial charge on any atom is -0.322 e. The summed E-state index contributed by atoms with van der Waals surface area (Å²) in [6.45, 7) is 3.65. The molecule has 158 valence electrons. The molecule has 0 atom stereocenters. The lowest BCUT2D eigenvalue weighted by Gasteiger charge is -2.13. The molecule has 0 saturated heterocycles. The molecule has 31 heavy (non-hydrogen) atoms. The Morgan fingerprint density at radius 3 is 2.45 bits per heavy atom. The number of pyridine rings is 1. The van der Waals surface area contributed by atoms with E-state index in [1.807, 2.05) is 48.0 Å². The number of fused-ring (bicyclic) bond motifs is 1. The van der Waals surface area contributed by atoms with E-state index in [4.69, 9.17) is 0 Å². The fourth-order valence-electron chi connectivity index (χ4n) is 3.46. The number of hydrogen-bond donors (Lipinski definition) is 1. The summed E-state index contributed by atoms with van der Waals surface area (Å²) < 4.78 is 41.8. The Kier molecular flexibility index (Phi) is 5.27.